The molecule has 0 saturated carbocycles. The molecule has 0 bridgehead atoms. The van der Waals surface area contributed by atoms with Gasteiger partial charge in [-0.25, -0.2) is 18.4 Å². The van der Waals surface area contributed by atoms with Crippen molar-refractivity contribution in [1.82, 2.24) is 0 Å². The Bertz CT molecular complexity index is 781. The number of carboxylic acid groups (broad SMARTS) is 2. The smallest absolute Gasteiger partial charge is 0.337 e. The largest absolute Gasteiger partial charge is 0.478 e. The first-order valence-electron chi connectivity index (χ1n) is 7.09. The van der Waals surface area contributed by atoms with E-state index in [0.717, 1.165) is 12.1 Å². The lowest BCUT2D eigenvalue weighted by Crippen LogP contribution is -2.13. The minimum Gasteiger partial charge on any atom is -0.478 e. The summed E-state index contributed by atoms with van der Waals surface area (Å²) in [6.45, 7) is 3.77. The summed E-state index contributed by atoms with van der Waals surface area (Å²) in [6, 6.07) is 7.30. The number of carbonyl (C=O) groups is 2. The van der Waals surface area contributed by atoms with Gasteiger partial charge in [0.2, 0.25) is 0 Å². The predicted octanol–water partition coefficient (Wildman–Crippen LogP) is 4.63. The fraction of sp³-hybridized carbons (Fsp3) is 0.176. The lowest BCUT2D eigenvalue weighted by atomic mass is 10.1. The molecule has 134 valence electrons. The SMILES string of the molecule is CC(C)Nc1ccc(F)cc1C(=O)O.O=C(O)c1cc(F)ccc1Br. The van der Waals surface area contributed by atoms with Crippen LogP contribution in [-0.2, 0) is 0 Å². The van der Waals surface area contributed by atoms with Crippen molar-refractivity contribution in [2.24, 2.45) is 0 Å². The molecule has 8 heteroatoms. The molecule has 0 unspecified atom stereocenters. The molecule has 0 atom stereocenters. The van der Waals surface area contributed by atoms with Gasteiger partial charge in [-0.1, -0.05) is 0 Å². The first-order valence-corrected chi connectivity index (χ1v) is 7.88. The molecule has 0 radical (unpaired) electrons. The number of hydrogen-bond donors (Lipinski definition) is 3. The number of aromatic carboxylic acids is 2. The van der Waals surface area contributed by atoms with Gasteiger partial charge in [0.05, 0.1) is 11.1 Å². The van der Waals surface area contributed by atoms with E-state index in [2.05, 4.69) is 21.2 Å². The van der Waals surface area contributed by atoms with Gasteiger partial charge in [-0.2, -0.15) is 0 Å². The normalized spacial score (nSPS) is 10.0. The summed E-state index contributed by atoms with van der Waals surface area (Å²) in [6.07, 6.45) is 0. The molecule has 25 heavy (non-hydrogen) atoms. The molecule has 2 aromatic rings. The van der Waals surface area contributed by atoms with Crippen LogP contribution in [0.3, 0.4) is 0 Å². The molecule has 2 aromatic carbocycles. The highest BCUT2D eigenvalue weighted by molar-refractivity contribution is 9.10. The highest BCUT2D eigenvalue weighted by Gasteiger charge is 2.11. The molecule has 0 spiro atoms. The number of nitrogens with one attached hydrogen (secondary N) is 1. The Morgan fingerprint density at radius 2 is 1.44 bits per heavy atom. The third kappa shape index (κ3) is 6.50. The summed E-state index contributed by atoms with van der Waals surface area (Å²) >= 11 is 2.98. The zero-order valence-corrected chi connectivity index (χ0v) is 15.0. The Morgan fingerprint density at radius 1 is 0.960 bits per heavy atom. The third-order valence-electron chi connectivity index (χ3n) is 2.82. The van der Waals surface area contributed by atoms with Gasteiger partial charge in [0.15, 0.2) is 0 Å². The van der Waals surface area contributed by atoms with E-state index in [1.807, 2.05) is 13.8 Å². The fourth-order valence-corrected chi connectivity index (χ4v) is 2.21. The molecule has 5 nitrogen and oxygen atoms in total. The van der Waals surface area contributed by atoms with Crippen molar-refractivity contribution in [3.05, 3.63) is 63.6 Å². The molecule has 0 saturated heterocycles. The number of hydrogen-bond acceptors (Lipinski definition) is 3. The summed E-state index contributed by atoms with van der Waals surface area (Å²) in [5.74, 6) is -3.37. The summed E-state index contributed by atoms with van der Waals surface area (Å²) < 4.78 is 25.6. The molecule has 0 heterocycles. The van der Waals surface area contributed by atoms with Gasteiger partial charge in [0.1, 0.15) is 11.6 Å². The third-order valence-corrected chi connectivity index (χ3v) is 3.51. The van der Waals surface area contributed by atoms with E-state index in [1.54, 1.807) is 0 Å². The average molecular weight is 416 g/mol. The summed E-state index contributed by atoms with van der Waals surface area (Å²) in [7, 11) is 0. The van der Waals surface area contributed by atoms with E-state index in [-0.39, 0.29) is 17.2 Å². The second-order valence-corrected chi connectivity index (χ2v) is 6.08. The number of rotatable bonds is 4. The van der Waals surface area contributed by atoms with Crippen molar-refractivity contribution in [2.45, 2.75) is 19.9 Å². The van der Waals surface area contributed by atoms with Crippen LogP contribution in [0.25, 0.3) is 0 Å². The molecule has 0 amide bonds. The molecule has 0 aliphatic carbocycles. The maximum atomic E-state index is 12.8. The molecule has 2 rings (SSSR count). The topological polar surface area (TPSA) is 86.6 Å². The molecule has 0 aliphatic heterocycles. The van der Waals surface area contributed by atoms with Crippen molar-refractivity contribution >= 4 is 33.6 Å². The van der Waals surface area contributed by atoms with Crippen LogP contribution in [0.15, 0.2) is 40.9 Å². The number of halogens is 3. The Kier molecular flexibility index (Phi) is 7.50. The second kappa shape index (κ2) is 9.12. The number of carboxylic acids is 2. The Hall–Kier alpha value is -2.48. The number of anilines is 1. The van der Waals surface area contributed by atoms with Crippen LogP contribution in [0.1, 0.15) is 34.6 Å². The Labute approximate surface area is 151 Å². The Morgan fingerprint density at radius 3 is 1.88 bits per heavy atom. The van der Waals surface area contributed by atoms with E-state index in [9.17, 15) is 18.4 Å². The van der Waals surface area contributed by atoms with Gasteiger partial charge in [0.25, 0.3) is 0 Å². The van der Waals surface area contributed by atoms with E-state index in [0.29, 0.717) is 10.2 Å². The van der Waals surface area contributed by atoms with Gasteiger partial charge in [-0.15, -0.1) is 0 Å². The average Bonchev–Trinajstić information content (AvgIpc) is 2.51. The van der Waals surface area contributed by atoms with Crippen LogP contribution in [-0.4, -0.2) is 28.2 Å². The lowest BCUT2D eigenvalue weighted by molar-refractivity contribution is 0.0685. The summed E-state index contributed by atoms with van der Waals surface area (Å²) in [4.78, 5) is 21.1. The quantitative estimate of drug-likeness (QED) is 0.677. The minimum absolute atomic E-state index is 0.0429. The van der Waals surface area contributed by atoms with Crippen molar-refractivity contribution < 1.29 is 28.6 Å². The maximum Gasteiger partial charge on any atom is 0.337 e. The van der Waals surface area contributed by atoms with Crippen LogP contribution in [0, 0.1) is 11.6 Å². The fourth-order valence-electron chi connectivity index (χ4n) is 1.79. The van der Waals surface area contributed by atoms with Crippen LogP contribution in [0.5, 0.6) is 0 Å². The van der Waals surface area contributed by atoms with Crippen LogP contribution in [0.2, 0.25) is 0 Å². The van der Waals surface area contributed by atoms with E-state index in [4.69, 9.17) is 10.2 Å². The summed E-state index contributed by atoms with van der Waals surface area (Å²) in [5.41, 5.74) is 0.331. The molecule has 0 fully saturated rings. The highest BCUT2D eigenvalue weighted by atomic mass is 79.9. The zero-order valence-electron chi connectivity index (χ0n) is 13.4. The number of benzene rings is 2. The van der Waals surface area contributed by atoms with Crippen LogP contribution in [0.4, 0.5) is 14.5 Å². The van der Waals surface area contributed by atoms with Gasteiger partial charge in [-0.3, -0.25) is 0 Å². The molecule has 3 N–H and O–H groups in total. The van der Waals surface area contributed by atoms with Crippen molar-refractivity contribution in [1.29, 1.82) is 0 Å². The van der Waals surface area contributed by atoms with E-state index in [1.165, 1.54) is 24.3 Å². The minimum atomic E-state index is -1.14. The lowest BCUT2D eigenvalue weighted by Gasteiger charge is -2.12. The van der Waals surface area contributed by atoms with E-state index < -0.39 is 23.6 Å². The second-order valence-electron chi connectivity index (χ2n) is 5.22. The Balaban J connectivity index is 0.000000257. The van der Waals surface area contributed by atoms with Gasteiger partial charge in [-0.05, 0) is 66.2 Å². The zero-order chi connectivity index (χ0) is 19.1. The monoisotopic (exact) mass is 415 g/mol. The van der Waals surface area contributed by atoms with Crippen LogP contribution < -0.4 is 5.32 Å². The van der Waals surface area contributed by atoms with Gasteiger partial charge in [0, 0.05) is 16.2 Å². The molecule has 0 aromatic heterocycles. The molecular formula is C17H16BrF2NO4. The first-order chi connectivity index (χ1) is 11.6. The summed E-state index contributed by atoms with van der Waals surface area (Å²) in [5, 5.41) is 20.2. The van der Waals surface area contributed by atoms with Crippen LogP contribution >= 0.6 is 15.9 Å². The van der Waals surface area contributed by atoms with Gasteiger partial charge < -0.3 is 15.5 Å². The molecule has 0 aliphatic rings. The standard InChI is InChI=1S/C10H12FNO2.C7H4BrFO2/c1-6(2)12-9-4-3-7(11)5-8(9)10(13)14;8-6-2-1-4(9)3-5(6)7(10)11/h3-6,12H,1-2H3,(H,13,14);1-3H,(H,10,11). The van der Waals surface area contributed by atoms with Crippen molar-refractivity contribution in [3.8, 4) is 0 Å². The van der Waals surface area contributed by atoms with Gasteiger partial charge >= 0.3 is 11.9 Å². The maximum absolute atomic E-state index is 12.8. The van der Waals surface area contributed by atoms with Crippen molar-refractivity contribution in [2.75, 3.05) is 5.32 Å². The predicted molar refractivity (Wildman–Crippen MR) is 93.2 cm³/mol. The first kappa shape index (κ1) is 20.6. The molecular weight excluding hydrogens is 400 g/mol. The highest BCUT2D eigenvalue weighted by Crippen LogP contribution is 2.18. The van der Waals surface area contributed by atoms with Crippen molar-refractivity contribution in [3.63, 3.8) is 0 Å². The van der Waals surface area contributed by atoms with E-state index >= 15 is 0 Å².